The third-order valence-corrected chi connectivity index (χ3v) is 4.13. The van der Waals surface area contributed by atoms with Crippen LogP contribution in [0.15, 0.2) is 49.1 Å². The van der Waals surface area contributed by atoms with Crippen molar-refractivity contribution in [1.29, 1.82) is 0 Å². The Bertz CT molecular complexity index is 949. The second-order valence-corrected chi connectivity index (χ2v) is 6.25. The maximum atomic E-state index is 13.8. The molecule has 1 heterocycles. The summed E-state index contributed by atoms with van der Waals surface area (Å²) in [5.74, 6) is -1.67. The van der Waals surface area contributed by atoms with Crippen LogP contribution in [-0.2, 0) is 4.79 Å². The number of aromatic nitrogens is 3. The zero-order valence-corrected chi connectivity index (χ0v) is 15.0. The number of carbonyl (C=O) groups is 1. The average molecular weight is 392 g/mol. The number of hydrogen-bond donors (Lipinski definition) is 2. The van der Waals surface area contributed by atoms with Gasteiger partial charge in [0.15, 0.2) is 0 Å². The molecule has 27 heavy (non-hydrogen) atoms. The maximum Gasteiger partial charge on any atom is 0.238 e. The SMILES string of the molecule is C[C@H](NCC(=O)Nc1cc(Cl)ccc1-n1cncn1)c1ccc(F)cc1F. The summed E-state index contributed by atoms with van der Waals surface area (Å²) in [6, 6.07) is 7.82. The first kappa shape index (κ1) is 18.9. The molecule has 1 atom stereocenters. The lowest BCUT2D eigenvalue weighted by atomic mass is 10.1. The molecule has 0 radical (unpaired) electrons. The normalized spacial score (nSPS) is 12.0. The molecule has 0 aliphatic carbocycles. The zero-order chi connectivity index (χ0) is 19.4. The van der Waals surface area contributed by atoms with Crippen molar-refractivity contribution in [1.82, 2.24) is 20.1 Å². The molecule has 0 saturated heterocycles. The van der Waals surface area contributed by atoms with E-state index in [0.717, 1.165) is 6.07 Å². The van der Waals surface area contributed by atoms with Crippen LogP contribution in [0, 0.1) is 11.6 Å². The molecule has 0 saturated carbocycles. The molecule has 0 spiro atoms. The largest absolute Gasteiger partial charge is 0.323 e. The van der Waals surface area contributed by atoms with Crippen LogP contribution in [0.1, 0.15) is 18.5 Å². The highest BCUT2D eigenvalue weighted by Crippen LogP contribution is 2.24. The van der Waals surface area contributed by atoms with Gasteiger partial charge in [-0.15, -0.1) is 0 Å². The molecule has 1 amide bonds. The van der Waals surface area contributed by atoms with E-state index in [1.54, 1.807) is 25.1 Å². The fraction of sp³-hybridized carbons (Fsp3) is 0.167. The smallest absolute Gasteiger partial charge is 0.238 e. The predicted molar refractivity (Wildman–Crippen MR) is 97.8 cm³/mol. The summed E-state index contributed by atoms with van der Waals surface area (Å²) < 4.78 is 28.3. The molecule has 0 aliphatic rings. The van der Waals surface area contributed by atoms with Crippen LogP contribution in [0.5, 0.6) is 0 Å². The van der Waals surface area contributed by atoms with Crippen LogP contribution in [0.4, 0.5) is 14.5 Å². The Kier molecular flexibility index (Phi) is 5.78. The minimum Gasteiger partial charge on any atom is -0.323 e. The summed E-state index contributed by atoms with van der Waals surface area (Å²) in [6.07, 6.45) is 2.87. The second-order valence-electron chi connectivity index (χ2n) is 5.82. The van der Waals surface area contributed by atoms with Gasteiger partial charge in [-0.2, -0.15) is 5.10 Å². The van der Waals surface area contributed by atoms with Crippen LogP contribution in [0.2, 0.25) is 5.02 Å². The lowest BCUT2D eigenvalue weighted by Gasteiger charge is -2.16. The molecule has 6 nitrogen and oxygen atoms in total. The third kappa shape index (κ3) is 4.66. The van der Waals surface area contributed by atoms with Gasteiger partial charge in [-0.3, -0.25) is 4.79 Å². The van der Waals surface area contributed by atoms with Gasteiger partial charge in [0.25, 0.3) is 0 Å². The molecular formula is C18H16ClF2N5O. The molecule has 0 fully saturated rings. The van der Waals surface area contributed by atoms with Gasteiger partial charge >= 0.3 is 0 Å². The number of anilines is 1. The second kappa shape index (κ2) is 8.24. The van der Waals surface area contributed by atoms with Crippen molar-refractivity contribution < 1.29 is 13.6 Å². The van der Waals surface area contributed by atoms with E-state index >= 15 is 0 Å². The number of nitrogens with zero attached hydrogens (tertiary/aromatic N) is 3. The van der Waals surface area contributed by atoms with E-state index in [1.807, 2.05) is 0 Å². The molecule has 2 N–H and O–H groups in total. The van der Waals surface area contributed by atoms with Crippen molar-refractivity contribution in [3.63, 3.8) is 0 Å². The molecule has 0 bridgehead atoms. The van der Waals surface area contributed by atoms with Crippen molar-refractivity contribution in [2.45, 2.75) is 13.0 Å². The molecule has 0 aliphatic heterocycles. The predicted octanol–water partition coefficient (Wildman–Crippen LogP) is 3.49. The number of carbonyl (C=O) groups excluding carboxylic acids is 1. The summed E-state index contributed by atoms with van der Waals surface area (Å²) in [4.78, 5) is 16.2. The maximum absolute atomic E-state index is 13.8. The van der Waals surface area contributed by atoms with Gasteiger partial charge in [-0.25, -0.2) is 18.4 Å². The van der Waals surface area contributed by atoms with E-state index in [-0.39, 0.29) is 18.0 Å². The standard InChI is InChI=1S/C18H16ClF2N5O/c1-11(14-4-3-13(20)7-15(14)21)23-8-18(27)25-16-6-12(19)2-5-17(16)26-10-22-9-24-26/h2-7,9-11,23H,8H2,1H3,(H,25,27)/t11-/m0/s1. The van der Waals surface area contributed by atoms with E-state index in [0.29, 0.717) is 16.4 Å². The fourth-order valence-electron chi connectivity index (χ4n) is 2.54. The summed E-state index contributed by atoms with van der Waals surface area (Å²) in [7, 11) is 0. The molecule has 140 valence electrons. The molecule has 2 aromatic carbocycles. The number of nitrogens with one attached hydrogen (secondary N) is 2. The lowest BCUT2D eigenvalue weighted by Crippen LogP contribution is -2.30. The lowest BCUT2D eigenvalue weighted by molar-refractivity contribution is -0.115. The summed E-state index contributed by atoms with van der Waals surface area (Å²) in [6.45, 7) is 1.60. The van der Waals surface area contributed by atoms with Crippen LogP contribution in [0.25, 0.3) is 5.69 Å². The highest BCUT2D eigenvalue weighted by atomic mass is 35.5. The highest BCUT2D eigenvalue weighted by Gasteiger charge is 2.14. The first-order chi connectivity index (χ1) is 12.9. The Labute approximate surface area is 159 Å². The van der Waals surface area contributed by atoms with Crippen molar-refractivity contribution in [3.8, 4) is 5.69 Å². The van der Waals surface area contributed by atoms with E-state index < -0.39 is 17.7 Å². The number of amides is 1. The van der Waals surface area contributed by atoms with Gasteiger partial charge < -0.3 is 10.6 Å². The fourth-order valence-corrected chi connectivity index (χ4v) is 2.72. The van der Waals surface area contributed by atoms with Gasteiger partial charge in [0.1, 0.15) is 24.3 Å². The summed E-state index contributed by atoms with van der Waals surface area (Å²) in [5, 5.41) is 10.1. The minimum absolute atomic E-state index is 0.0821. The summed E-state index contributed by atoms with van der Waals surface area (Å²) in [5.41, 5.74) is 1.33. The molecule has 9 heteroatoms. The topological polar surface area (TPSA) is 71.8 Å². The third-order valence-electron chi connectivity index (χ3n) is 3.90. The molecule has 0 unspecified atom stereocenters. The van der Waals surface area contributed by atoms with Crippen molar-refractivity contribution in [2.75, 3.05) is 11.9 Å². The Hall–Kier alpha value is -2.84. The Morgan fingerprint density at radius 2 is 2.07 bits per heavy atom. The van der Waals surface area contributed by atoms with E-state index in [1.165, 1.54) is 29.5 Å². The van der Waals surface area contributed by atoms with Crippen molar-refractivity contribution >= 4 is 23.2 Å². The van der Waals surface area contributed by atoms with E-state index in [2.05, 4.69) is 20.7 Å². The number of halogens is 3. The van der Waals surface area contributed by atoms with Crippen molar-refractivity contribution in [3.05, 3.63) is 71.3 Å². The number of hydrogen-bond acceptors (Lipinski definition) is 4. The molecule has 1 aromatic heterocycles. The zero-order valence-electron chi connectivity index (χ0n) is 14.3. The first-order valence-corrected chi connectivity index (χ1v) is 8.44. The minimum atomic E-state index is -0.668. The molecule has 3 aromatic rings. The number of rotatable bonds is 6. The highest BCUT2D eigenvalue weighted by molar-refractivity contribution is 6.31. The first-order valence-electron chi connectivity index (χ1n) is 8.07. The van der Waals surface area contributed by atoms with Gasteiger partial charge in [0, 0.05) is 22.7 Å². The van der Waals surface area contributed by atoms with Gasteiger partial charge in [0.05, 0.1) is 17.9 Å². The summed E-state index contributed by atoms with van der Waals surface area (Å²) >= 11 is 6.01. The van der Waals surface area contributed by atoms with E-state index in [9.17, 15) is 13.6 Å². The van der Waals surface area contributed by atoms with Crippen LogP contribution in [-0.4, -0.2) is 27.2 Å². The molecule has 3 rings (SSSR count). The quantitative estimate of drug-likeness (QED) is 0.674. The van der Waals surface area contributed by atoms with Crippen LogP contribution < -0.4 is 10.6 Å². The van der Waals surface area contributed by atoms with Crippen LogP contribution >= 0.6 is 11.6 Å². The van der Waals surface area contributed by atoms with Gasteiger partial charge in [-0.1, -0.05) is 17.7 Å². The van der Waals surface area contributed by atoms with E-state index in [4.69, 9.17) is 11.6 Å². The van der Waals surface area contributed by atoms with Crippen LogP contribution in [0.3, 0.4) is 0 Å². The Balaban J connectivity index is 1.67. The van der Waals surface area contributed by atoms with Gasteiger partial charge in [0.2, 0.25) is 5.91 Å². The Morgan fingerprint density at radius 1 is 1.26 bits per heavy atom. The number of benzene rings is 2. The Morgan fingerprint density at radius 3 is 2.78 bits per heavy atom. The average Bonchev–Trinajstić information content (AvgIpc) is 3.14. The van der Waals surface area contributed by atoms with Gasteiger partial charge in [-0.05, 0) is 31.2 Å². The van der Waals surface area contributed by atoms with Crippen molar-refractivity contribution in [2.24, 2.45) is 0 Å². The monoisotopic (exact) mass is 391 g/mol. The molecular weight excluding hydrogens is 376 g/mol.